The Labute approximate surface area is 379 Å². The lowest BCUT2D eigenvalue weighted by molar-refractivity contribution is -0.138. The summed E-state index contributed by atoms with van der Waals surface area (Å²) in [5, 5.41) is 20.2. The summed E-state index contributed by atoms with van der Waals surface area (Å²) < 4.78 is 11.7. The number of nitrogens with zero attached hydrogens (tertiary/aromatic N) is 5. The number of imide groups is 2. The van der Waals surface area contributed by atoms with Gasteiger partial charge in [0.25, 0.3) is 11.8 Å². The van der Waals surface area contributed by atoms with E-state index >= 15 is 9.59 Å². The molecule has 2 aliphatic heterocycles. The molecule has 3 fully saturated rings. The second-order valence-corrected chi connectivity index (χ2v) is 17.3. The molecule has 2 N–H and O–H groups in total. The summed E-state index contributed by atoms with van der Waals surface area (Å²) in [6, 6.07) is 33.4. The summed E-state index contributed by atoms with van der Waals surface area (Å²) in [6.45, 7) is -0.296. The number of allylic oxidation sites excluding steroid dienone is 2. The van der Waals surface area contributed by atoms with Crippen molar-refractivity contribution in [3.63, 3.8) is 0 Å². The van der Waals surface area contributed by atoms with Crippen molar-refractivity contribution < 1.29 is 33.8 Å². The van der Waals surface area contributed by atoms with Crippen LogP contribution in [-0.2, 0) is 24.6 Å². The number of para-hydroxylation sites is 1. The molecule has 0 aromatic heterocycles. The normalized spacial score (nSPS) is 23.8. The topological polar surface area (TPSA) is 153 Å². The molecule has 6 unspecified atom stereocenters. The van der Waals surface area contributed by atoms with Gasteiger partial charge in [0.05, 0.1) is 64.7 Å². The lowest BCUT2D eigenvalue weighted by Crippen LogP contribution is -2.53. The number of carbonyl (C=O) groups is 4. The van der Waals surface area contributed by atoms with E-state index in [2.05, 4.69) is 15.7 Å². The number of azo groups is 1. The molecule has 5 aromatic rings. The van der Waals surface area contributed by atoms with E-state index in [1.54, 1.807) is 79.9 Å². The molecule has 13 nitrogen and oxygen atoms in total. The molecular weight excluding hydrogens is 855 g/mol. The van der Waals surface area contributed by atoms with Crippen LogP contribution < -0.4 is 24.7 Å². The highest BCUT2D eigenvalue weighted by molar-refractivity contribution is 6.36. The van der Waals surface area contributed by atoms with Crippen LogP contribution in [0.25, 0.3) is 0 Å². The SMILES string of the molecule is COc1ccc(C23C(=O)N(Nc4ccc(Cl)cc4Cl)C(=O)C2CC2C(=CCC4C(=O)N(c5ccc(N=Nc6ccc(N(C)C)cc6)cc5)C(=O)C42)C3c2ccccc2OCCO)cc1. The van der Waals surface area contributed by atoms with Gasteiger partial charge in [0.15, 0.2) is 0 Å². The van der Waals surface area contributed by atoms with E-state index in [9.17, 15) is 14.7 Å². The minimum atomic E-state index is -1.59. The molecule has 4 amide bonds. The Balaban J connectivity index is 1.13. The number of amides is 4. The maximum atomic E-state index is 15.7. The lowest BCUT2D eigenvalue weighted by Gasteiger charge is -2.50. The average molecular weight is 900 g/mol. The Morgan fingerprint density at radius 2 is 1.52 bits per heavy atom. The molecule has 0 bridgehead atoms. The van der Waals surface area contributed by atoms with Crippen molar-refractivity contribution in [2.45, 2.75) is 24.2 Å². The third-order valence-corrected chi connectivity index (χ3v) is 13.5. The Bertz CT molecular complexity index is 2710. The second kappa shape index (κ2) is 17.2. The fourth-order valence-electron chi connectivity index (χ4n) is 10.0. The number of hydrazine groups is 1. The van der Waals surface area contributed by atoms with Gasteiger partial charge in [-0.1, -0.05) is 65.2 Å². The summed E-state index contributed by atoms with van der Waals surface area (Å²) >= 11 is 12.8. The van der Waals surface area contributed by atoms with E-state index in [0.29, 0.717) is 44.7 Å². The van der Waals surface area contributed by atoms with Crippen LogP contribution in [0.15, 0.2) is 137 Å². The van der Waals surface area contributed by atoms with Crippen molar-refractivity contribution in [3.8, 4) is 11.5 Å². The van der Waals surface area contributed by atoms with Gasteiger partial charge in [0.2, 0.25) is 11.8 Å². The van der Waals surface area contributed by atoms with Crippen molar-refractivity contribution in [1.29, 1.82) is 0 Å². The first-order valence-electron chi connectivity index (χ1n) is 20.9. The van der Waals surface area contributed by atoms with Crippen LogP contribution in [0, 0.1) is 23.7 Å². The van der Waals surface area contributed by atoms with E-state index < -0.39 is 46.8 Å². The Hall–Kier alpha value is -6.54. The van der Waals surface area contributed by atoms with Gasteiger partial charge in [-0.2, -0.15) is 15.2 Å². The summed E-state index contributed by atoms with van der Waals surface area (Å²) in [5.74, 6) is -4.93. The molecule has 9 rings (SSSR count). The largest absolute Gasteiger partial charge is 0.497 e. The average Bonchev–Trinajstić information content (AvgIpc) is 3.69. The fourth-order valence-corrected chi connectivity index (χ4v) is 10.5. The molecule has 2 saturated heterocycles. The minimum absolute atomic E-state index is 0.0303. The van der Waals surface area contributed by atoms with E-state index in [4.69, 9.17) is 32.7 Å². The Kier molecular flexibility index (Phi) is 11.5. The van der Waals surface area contributed by atoms with E-state index in [-0.39, 0.29) is 48.6 Å². The number of fused-ring (bicyclic) bond motifs is 4. The summed E-state index contributed by atoms with van der Waals surface area (Å²) in [5.41, 5.74) is 6.24. The van der Waals surface area contributed by atoms with Crippen molar-refractivity contribution >= 4 is 75.3 Å². The number of ether oxygens (including phenoxy) is 2. The number of aliphatic hydroxyl groups excluding tert-OH is 1. The number of methoxy groups -OCH3 is 1. The molecule has 2 aliphatic carbocycles. The molecule has 0 radical (unpaired) electrons. The number of benzene rings is 5. The van der Waals surface area contributed by atoms with Gasteiger partial charge in [0.1, 0.15) is 18.1 Å². The Morgan fingerprint density at radius 1 is 0.828 bits per heavy atom. The number of anilines is 3. The quantitative estimate of drug-likeness (QED) is 0.0710. The van der Waals surface area contributed by atoms with Gasteiger partial charge < -0.3 is 19.5 Å². The van der Waals surface area contributed by atoms with Gasteiger partial charge >= 0.3 is 0 Å². The molecule has 6 atom stereocenters. The number of hydrogen-bond donors (Lipinski definition) is 2. The number of halogens is 2. The zero-order chi connectivity index (χ0) is 44.9. The van der Waals surface area contributed by atoms with E-state index in [1.807, 2.05) is 61.5 Å². The number of nitrogens with one attached hydrogen (secondary N) is 1. The molecular formula is C49H44Cl2N6O7. The molecule has 0 spiro atoms. The monoisotopic (exact) mass is 898 g/mol. The predicted molar refractivity (Wildman–Crippen MR) is 244 cm³/mol. The van der Waals surface area contributed by atoms with E-state index in [0.717, 1.165) is 16.3 Å². The maximum Gasteiger partial charge on any atom is 0.260 e. The zero-order valence-corrected chi connectivity index (χ0v) is 36.7. The summed E-state index contributed by atoms with van der Waals surface area (Å²) in [4.78, 5) is 63.4. The predicted octanol–water partition coefficient (Wildman–Crippen LogP) is 9.04. The number of carbonyl (C=O) groups excluding carboxylic acids is 4. The first-order chi connectivity index (χ1) is 31.0. The summed E-state index contributed by atoms with van der Waals surface area (Å²) in [7, 11) is 5.46. The smallest absolute Gasteiger partial charge is 0.260 e. The van der Waals surface area contributed by atoms with Crippen molar-refractivity contribution in [3.05, 3.63) is 148 Å². The molecule has 4 aliphatic rings. The maximum absolute atomic E-state index is 15.7. The van der Waals surface area contributed by atoms with Crippen LogP contribution in [0.3, 0.4) is 0 Å². The molecule has 5 aromatic carbocycles. The Morgan fingerprint density at radius 3 is 2.17 bits per heavy atom. The van der Waals surface area contributed by atoms with Gasteiger partial charge in [-0.3, -0.25) is 29.5 Å². The number of hydrogen-bond acceptors (Lipinski definition) is 11. The first kappa shape index (κ1) is 42.7. The summed E-state index contributed by atoms with van der Waals surface area (Å²) in [6.07, 6.45) is 2.28. The molecule has 1 saturated carbocycles. The van der Waals surface area contributed by atoms with Gasteiger partial charge in [-0.25, -0.2) is 0 Å². The van der Waals surface area contributed by atoms with Crippen LogP contribution in [0.4, 0.5) is 28.4 Å². The highest BCUT2D eigenvalue weighted by atomic mass is 35.5. The second-order valence-electron chi connectivity index (χ2n) is 16.5. The molecule has 2 heterocycles. The first-order valence-corrected chi connectivity index (χ1v) is 21.7. The van der Waals surface area contributed by atoms with Gasteiger partial charge in [0, 0.05) is 36.3 Å². The van der Waals surface area contributed by atoms with Crippen LogP contribution >= 0.6 is 23.2 Å². The molecule has 326 valence electrons. The van der Waals surface area contributed by atoms with Crippen LogP contribution in [0.5, 0.6) is 11.5 Å². The van der Waals surface area contributed by atoms with Crippen molar-refractivity contribution in [2.24, 2.45) is 33.9 Å². The third-order valence-electron chi connectivity index (χ3n) is 12.9. The highest BCUT2D eigenvalue weighted by Gasteiger charge is 2.70. The minimum Gasteiger partial charge on any atom is -0.497 e. The van der Waals surface area contributed by atoms with Crippen LogP contribution in [0.2, 0.25) is 10.0 Å². The van der Waals surface area contributed by atoms with Crippen molar-refractivity contribution in [1.82, 2.24) is 5.01 Å². The molecule has 64 heavy (non-hydrogen) atoms. The fraction of sp³-hybridized carbons (Fsp3) is 0.265. The zero-order valence-electron chi connectivity index (χ0n) is 35.2. The van der Waals surface area contributed by atoms with Gasteiger partial charge in [-0.15, -0.1) is 0 Å². The standard InChI is InChI=1S/C49H44Cl2N6O7/c1-55(2)32-15-11-30(12-16-32)52-53-31-13-17-33(18-14-31)56-45(59)37-22-21-35-38(43(37)47(56)61)27-39-46(60)57(54-41-23-10-29(50)26-40(41)51)48(62)49(39,28-8-19-34(63-3)20-9-28)44(35)36-6-4-5-7-42(36)64-25-24-58/h4-21,23,26,37-39,43-44,54,58H,22,24-25,27H2,1-3H3. The number of aliphatic hydroxyl groups is 1. The lowest BCUT2D eigenvalue weighted by atomic mass is 9.49. The molecule has 15 heteroatoms. The van der Waals surface area contributed by atoms with Crippen LogP contribution in [0.1, 0.15) is 29.9 Å². The third kappa shape index (κ3) is 7.17. The van der Waals surface area contributed by atoms with Crippen LogP contribution in [-0.4, -0.2) is 68.2 Å². The number of rotatable bonds is 12. The highest BCUT2D eigenvalue weighted by Crippen LogP contribution is 2.65. The van der Waals surface area contributed by atoms with E-state index in [1.165, 1.54) is 11.0 Å². The van der Waals surface area contributed by atoms with Gasteiger partial charge in [-0.05, 0) is 109 Å². The van der Waals surface area contributed by atoms with Crippen molar-refractivity contribution in [2.75, 3.05) is 49.6 Å².